The van der Waals surface area contributed by atoms with Crippen molar-refractivity contribution in [2.45, 2.75) is 30.6 Å². The van der Waals surface area contributed by atoms with Gasteiger partial charge in [-0.3, -0.25) is 9.11 Å². The number of hydrogen-bond acceptors (Lipinski definition) is 5. The molecule has 0 amide bonds. The molecule has 23 heavy (non-hydrogen) atoms. The van der Waals surface area contributed by atoms with E-state index >= 15 is 0 Å². The smallest absolute Gasteiger partial charge is 0.338 e. The third kappa shape index (κ3) is 5.07. The van der Waals surface area contributed by atoms with Gasteiger partial charge in [0.2, 0.25) is 0 Å². The second-order valence-corrected chi connectivity index (χ2v) is 7.90. The SMILES string of the molecule is CN(C)CCCCCCOC(=O)c1ccc2c(c1)C=CS2(O)O. The molecular weight excluding hydrogens is 314 g/mol. The molecule has 0 aromatic heterocycles. The van der Waals surface area contributed by atoms with Crippen LogP contribution in [0, 0.1) is 0 Å². The van der Waals surface area contributed by atoms with E-state index in [0.29, 0.717) is 22.6 Å². The highest BCUT2D eigenvalue weighted by molar-refractivity contribution is 8.27. The lowest BCUT2D eigenvalue weighted by atomic mass is 10.1. The molecule has 0 unspecified atom stereocenters. The molecule has 0 aliphatic carbocycles. The maximum atomic E-state index is 12.0. The van der Waals surface area contributed by atoms with Gasteiger partial charge in [0.1, 0.15) is 0 Å². The molecule has 0 radical (unpaired) electrons. The van der Waals surface area contributed by atoms with Gasteiger partial charge in [0.05, 0.1) is 17.1 Å². The van der Waals surface area contributed by atoms with Gasteiger partial charge in [-0.2, -0.15) is 0 Å². The van der Waals surface area contributed by atoms with Crippen LogP contribution in [0.5, 0.6) is 0 Å². The molecule has 0 atom stereocenters. The van der Waals surface area contributed by atoms with Crippen LogP contribution in [0.25, 0.3) is 6.08 Å². The van der Waals surface area contributed by atoms with Crippen LogP contribution < -0.4 is 0 Å². The van der Waals surface area contributed by atoms with E-state index in [9.17, 15) is 13.9 Å². The third-order valence-electron chi connectivity index (χ3n) is 3.74. The van der Waals surface area contributed by atoms with Crippen molar-refractivity contribution in [3.8, 4) is 0 Å². The summed E-state index contributed by atoms with van der Waals surface area (Å²) in [7, 11) is 1.30. The lowest BCUT2D eigenvalue weighted by molar-refractivity contribution is 0.0497. The predicted molar refractivity (Wildman–Crippen MR) is 93.9 cm³/mol. The summed E-state index contributed by atoms with van der Waals surface area (Å²) in [5, 5.41) is 1.38. The number of hydrogen-bond donors (Lipinski definition) is 2. The minimum absolute atomic E-state index is 0.363. The molecule has 5 nitrogen and oxygen atoms in total. The molecule has 1 aliphatic heterocycles. The van der Waals surface area contributed by atoms with Crippen LogP contribution in [-0.2, 0) is 4.74 Å². The Bertz CT molecular complexity index is 584. The summed E-state index contributed by atoms with van der Waals surface area (Å²) in [5.41, 5.74) is 1.11. The number of benzene rings is 1. The molecule has 0 saturated carbocycles. The van der Waals surface area contributed by atoms with Crippen molar-refractivity contribution in [1.82, 2.24) is 4.90 Å². The Morgan fingerprint density at radius 3 is 2.65 bits per heavy atom. The van der Waals surface area contributed by atoms with Crippen LogP contribution in [0.4, 0.5) is 0 Å². The van der Waals surface area contributed by atoms with Crippen molar-refractivity contribution in [3.05, 3.63) is 34.7 Å². The molecule has 1 heterocycles. The van der Waals surface area contributed by atoms with Crippen LogP contribution in [0.15, 0.2) is 28.5 Å². The summed E-state index contributed by atoms with van der Waals surface area (Å²) in [6.07, 6.45) is 5.84. The number of unbranched alkanes of at least 4 members (excludes halogenated alkanes) is 3. The van der Waals surface area contributed by atoms with Crippen molar-refractivity contribution in [2.24, 2.45) is 0 Å². The van der Waals surface area contributed by atoms with Crippen LogP contribution in [-0.4, -0.2) is 47.2 Å². The van der Waals surface area contributed by atoms with E-state index in [1.165, 1.54) is 5.41 Å². The Labute approximate surface area is 139 Å². The fraction of sp³-hybridized carbons (Fsp3) is 0.471. The minimum Gasteiger partial charge on any atom is -0.462 e. The summed E-state index contributed by atoms with van der Waals surface area (Å²) >= 11 is 0. The molecule has 0 spiro atoms. The first-order valence-corrected chi connectivity index (χ1v) is 9.43. The highest BCUT2D eigenvalue weighted by atomic mass is 32.3. The first-order chi connectivity index (χ1) is 10.9. The molecule has 1 aliphatic rings. The van der Waals surface area contributed by atoms with Gasteiger partial charge in [0.15, 0.2) is 0 Å². The fourth-order valence-electron chi connectivity index (χ4n) is 2.45. The zero-order valence-electron chi connectivity index (χ0n) is 13.7. The van der Waals surface area contributed by atoms with Gasteiger partial charge in [-0.1, -0.05) is 12.8 Å². The van der Waals surface area contributed by atoms with Gasteiger partial charge in [-0.15, -0.1) is 10.6 Å². The zero-order chi connectivity index (χ0) is 16.9. The van der Waals surface area contributed by atoms with Crippen LogP contribution in [0.2, 0.25) is 0 Å². The molecule has 0 saturated heterocycles. The monoisotopic (exact) mass is 339 g/mol. The highest BCUT2D eigenvalue weighted by Crippen LogP contribution is 2.55. The summed E-state index contributed by atoms with van der Waals surface area (Å²) in [4.78, 5) is 14.6. The van der Waals surface area contributed by atoms with E-state index in [4.69, 9.17) is 4.74 Å². The topological polar surface area (TPSA) is 70.0 Å². The summed E-state index contributed by atoms with van der Waals surface area (Å²) < 4.78 is 24.9. The second kappa shape index (κ2) is 7.97. The van der Waals surface area contributed by atoms with Crippen LogP contribution >= 0.6 is 10.6 Å². The maximum absolute atomic E-state index is 12.0. The molecule has 0 bridgehead atoms. The molecule has 1 aromatic rings. The Hall–Kier alpha value is -1.34. The molecule has 1 aromatic carbocycles. The third-order valence-corrected chi connectivity index (χ3v) is 5.27. The standard InChI is InChI=1S/C17H25NO4S/c1-18(2)10-5-3-4-6-11-22-17(19)15-7-8-16-14(13-15)9-12-23(16,20)21/h7-9,12-13,20-21H,3-6,10-11H2,1-2H3. The first kappa shape index (κ1) is 18.0. The van der Waals surface area contributed by atoms with Gasteiger partial charge in [0.25, 0.3) is 0 Å². The Kier molecular flexibility index (Phi) is 6.24. The summed E-state index contributed by atoms with van der Waals surface area (Å²) in [6.45, 7) is 1.50. The van der Waals surface area contributed by atoms with E-state index < -0.39 is 10.6 Å². The molecule has 2 N–H and O–H groups in total. The van der Waals surface area contributed by atoms with E-state index in [1.54, 1.807) is 24.3 Å². The Morgan fingerprint density at radius 2 is 1.91 bits per heavy atom. The van der Waals surface area contributed by atoms with Crippen molar-refractivity contribution >= 4 is 22.6 Å². The Morgan fingerprint density at radius 1 is 1.17 bits per heavy atom. The number of esters is 1. The number of rotatable bonds is 8. The summed E-state index contributed by atoms with van der Waals surface area (Å²) in [5.74, 6) is -0.363. The van der Waals surface area contributed by atoms with Gasteiger partial charge >= 0.3 is 5.97 Å². The lowest BCUT2D eigenvalue weighted by Gasteiger charge is -2.25. The normalized spacial score (nSPS) is 16.4. The summed E-state index contributed by atoms with van der Waals surface area (Å²) in [6, 6.07) is 4.81. The quantitative estimate of drug-likeness (QED) is 0.552. The average molecular weight is 339 g/mol. The Balaban J connectivity index is 1.74. The van der Waals surface area contributed by atoms with Crippen molar-refractivity contribution in [1.29, 1.82) is 0 Å². The predicted octanol–water partition coefficient (Wildman–Crippen LogP) is 4.06. The highest BCUT2D eigenvalue weighted by Gasteiger charge is 2.22. The van der Waals surface area contributed by atoms with E-state index in [2.05, 4.69) is 19.0 Å². The molecule has 2 rings (SSSR count). The van der Waals surface area contributed by atoms with E-state index in [0.717, 1.165) is 32.2 Å². The van der Waals surface area contributed by atoms with Gasteiger partial charge < -0.3 is 9.64 Å². The van der Waals surface area contributed by atoms with Crippen molar-refractivity contribution < 1.29 is 18.6 Å². The second-order valence-electron chi connectivity index (χ2n) is 6.00. The maximum Gasteiger partial charge on any atom is 0.338 e. The lowest BCUT2D eigenvalue weighted by Crippen LogP contribution is -2.12. The van der Waals surface area contributed by atoms with Crippen molar-refractivity contribution in [3.63, 3.8) is 0 Å². The first-order valence-electron chi connectivity index (χ1n) is 7.82. The molecule has 6 heteroatoms. The van der Waals surface area contributed by atoms with Crippen molar-refractivity contribution in [2.75, 3.05) is 27.2 Å². The molecular formula is C17H25NO4S. The van der Waals surface area contributed by atoms with Gasteiger partial charge in [-0.25, -0.2) is 4.79 Å². The minimum atomic E-state index is -2.82. The van der Waals surface area contributed by atoms with Crippen LogP contribution in [0.3, 0.4) is 0 Å². The number of carbonyl (C=O) groups is 1. The molecule has 0 fully saturated rings. The number of carbonyl (C=O) groups excluding carboxylic acids is 1. The van der Waals surface area contributed by atoms with E-state index in [1.807, 2.05) is 0 Å². The molecule has 128 valence electrons. The van der Waals surface area contributed by atoms with Gasteiger partial charge in [-0.05, 0) is 63.3 Å². The largest absolute Gasteiger partial charge is 0.462 e. The van der Waals surface area contributed by atoms with E-state index in [-0.39, 0.29) is 5.97 Å². The van der Waals surface area contributed by atoms with Crippen LogP contribution in [0.1, 0.15) is 41.6 Å². The fourth-order valence-corrected chi connectivity index (χ4v) is 3.68. The number of ether oxygens (including phenoxy) is 1. The van der Waals surface area contributed by atoms with Gasteiger partial charge in [0, 0.05) is 5.41 Å². The average Bonchev–Trinajstić information content (AvgIpc) is 2.81. The number of nitrogens with zero attached hydrogens (tertiary/aromatic N) is 1. The number of fused-ring (bicyclic) bond motifs is 1. The zero-order valence-corrected chi connectivity index (χ0v) is 14.5.